The molecule has 0 N–H and O–H groups in total. The molecule has 0 saturated heterocycles. The van der Waals surface area contributed by atoms with Crippen molar-refractivity contribution in [3.8, 4) is 0 Å². The average Bonchev–Trinajstić information content (AvgIpc) is 3.19. The molecule has 1 saturated carbocycles. The summed E-state index contributed by atoms with van der Waals surface area (Å²) in [7, 11) is 0. The van der Waals surface area contributed by atoms with E-state index in [2.05, 4.69) is 10.3 Å². The zero-order valence-electron chi connectivity index (χ0n) is 13.8. The molecule has 0 unspecified atom stereocenters. The lowest BCUT2D eigenvalue weighted by Crippen LogP contribution is -2.21. The molecule has 122 valence electrons. The van der Waals surface area contributed by atoms with Crippen LogP contribution in [0.25, 0.3) is 0 Å². The van der Waals surface area contributed by atoms with E-state index in [9.17, 15) is 4.79 Å². The highest BCUT2D eigenvalue weighted by Gasteiger charge is 2.51. The molecule has 0 atom stereocenters. The largest absolute Gasteiger partial charge is 0.361 e. The second-order valence-corrected chi connectivity index (χ2v) is 6.48. The fraction of sp³-hybridized carbons (Fsp3) is 0.316. The van der Waals surface area contributed by atoms with Crippen molar-refractivity contribution < 1.29 is 9.32 Å². The van der Waals surface area contributed by atoms with Crippen molar-refractivity contribution in [2.45, 2.75) is 38.6 Å². The molecule has 4 rings (SSSR count). The Bertz CT molecular complexity index is 869. The molecule has 5 nitrogen and oxygen atoms in total. The average molecular weight is 321 g/mol. The fourth-order valence-electron chi connectivity index (χ4n) is 3.23. The molecule has 1 fully saturated rings. The standard InChI is InChI=1S/C19H19N3O2/c1-13-16(14(2)24-21-13)12-22-11-8-17(20-22)18(23)19(9-10-19)15-6-4-3-5-7-15/h3-8,11H,9-10,12H2,1-2H3. The molecule has 5 heteroatoms. The monoisotopic (exact) mass is 321 g/mol. The number of ketones is 1. The van der Waals surface area contributed by atoms with Crippen molar-refractivity contribution in [1.29, 1.82) is 0 Å². The van der Waals surface area contributed by atoms with E-state index >= 15 is 0 Å². The van der Waals surface area contributed by atoms with Crippen molar-refractivity contribution in [3.63, 3.8) is 0 Å². The Hall–Kier alpha value is -2.69. The van der Waals surface area contributed by atoms with E-state index in [1.807, 2.05) is 56.4 Å². The van der Waals surface area contributed by atoms with Crippen LogP contribution in [0.4, 0.5) is 0 Å². The second-order valence-electron chi connectivity index (χ2n) is 6.48. The summed E-state index contributed by atoms with van der Waals surface area (Å²) in [6, 6.07) is 11.8. The van der Waals surface area contributed by atoms with E-state index in [1.165, 1.54) is 0 Å². The topological polar surface area (TPSA) is 60.9 Å². The maximum atomic E-state index is 13.0. The normalized spacial score (nSPS) is 15.4. The van der Waals surface area contributed by atoms with Crippen molar-refractivity contribution in [2.75, 3.05) is 0 Å². The molecule has 0 spiro atoms. The predicted octanol–water partition coefficient (Wildman–Crippen LogP) is 3.45. The minimum Gasteiger partial charge on any atom is -0.361 e. The van der Waals surface area contributed by atoms with E-state index in [0.717, 1.165) is 35.4 Å². The molecule has 3 aromatic rings. The lowest BCUT2D eigenvalue weighted by molar-refractivity contribution is 0.0940. The summed E-state index contributed by atoms with van der Waals surface area (Å²) in [6.07, 6.45) is 3.64. The zero-order chi connectivity index (χ0) is 16.7. The third kappa shape index (κ3) is 2.37. The number of hydrogen-bond acceptors (Lipinski definition) is 4. The lowest BCUT2D eigenvalue weighted by Gasteiger charge is -2.12. The SMILES string of the molecule is Cc1noc(C)c1Cn1ccc(C(=O)C2(c3ccccc3)CC2)n1. The Morgan fingerprint density at radius 2 is 1.96 bits per heavy atom. The molecule has 2 aromatic heterocycles. The number of aromatic nitrogens is 3. The summed E-state index contributed by atoms with van der Waals surface area (Å²) in [5, 5.41) is 8.46. The Balaban J connectivity index is 1.58. The van der Waals surface area contributed by atoms with Gasteiger partial charge in [-0.15, -0.1) is 0 Å². The van der Waals surface area contributed by atoms with Gasteiger partial charge in [-0.1, -0.05) is 35.5 Å². The predicted molar refractivity (Wildman–Crippen MR) is 89.0 cm³/mol. The molecule has 1 aliphatic carbocycles. The van der Waals surface area contributed by atoms with E-state index in [1.54, 1.807) is 4.68 Å². The summed E-state index contributed by atoms with van der Waals surface area (Å²) >= 11 is 0. The van der Waals surface area contributed by atoms with E-state index in [-0.39, 0.29) is 11.2 Å². The molecule has 1 aliphatic rings. The first-order chi connectivity index (χ1) is 11.6. The first-order valence-electron chi connectivity index (χ1n) is 8.16. The molecule has 24 heavy (non-hydrogen) atoms. The van der Waals surface area contributed by atoms with Crippen LogP contribution in [0.3, 0.4) is 0 Å². The minimum atomic E-state index is -0.372. The molecule has 2 heterocycles. The fourth-order valence-corrected chi connectivity index (χ4v) is 3.23. The number of aryl methyl sites for hydroxylation is 2. The number of rotatable bonds is 5. The number of hydrogen-bond donors (Lipinski definition) is 0. The van der Waals surface area contributed by atoms with Crippen LogP contribution in [0.1, 0.15) is 45.9 Å². The zero-order valence-corrected chi connectivity index (χ0v) is 13.8. The van der Waals surface area contributed by atoms with Crippen LogP contribution >= 0.6 is 0 Å². The summed E-state index contributed by atoms with van der Waals surface area (Å²) in [6.45, 7) is 4.36. The van der Waals surface area contributed by atoms with Gasteiger partial charge in [0.25, 0.3) is 0 Å². The van der Waals surface area contributed by atoms with Crippen molar-refractivity contribution in [1.82, 2.24) is 14.9 Å². The van der Waals surface area contributed by atoms with Gasteiger partial charge in [-0.3, -0.25) is 9.48 Å². The number of benzene rings is 1. The minimum absolute atomic E-state index is 0.117. The van der Waals surface area contributed by atoms with Crippen LogP contribution in [0.15, 0.2) is 47.1 Å². The highest BCUT2D eigenvalue weighted by Crippen LogP contribution is 2.50. The maximum absolute atomic E-state index is 13.0. The Morgan fingerprint density at radius 1 is 1.21 bits per heavy atom. The molecular formula is C19H19N3O2. The lowest BCUT2D eigenvalue weighted by atomic mass is 9.90. The van der Waals surface area contributed by atoms with Crippen LogP contribution in [-0.4, -0.2) is 20.7 Å². The van der Waals surface area contributed by atoms with Crippen molar-refractivity contribution in [3.05, 3.63) is 70.9 Å². The summed E-state index contributed by atoms with van der Waals surface area (Å²) in [5.74, 6) is 0.907. The third-order valence-electron chi connectivity index (χ3n) is 4.89. The van der Waals surface area contributed by atoms with Gasteiger partial charge < -0.3 is 4.52 Å². The van der Waals surface area contributed by atoms with Gasteiger partial charge in [0, 0.05) is 11.8 Å². The van der Waals surface area contributed by atoms with Gasteiger partial charge in [-0.25, -0.2) is 0 Å². The van der Waals surface area contributed by atoms with Gasteiger partial charge in [0.2, 0.25) is 0 Å². The number of carbonyl (C=O) groups is 1. The van der Waals surface area contributed by atoms with Crippen LogP contribution < -0.4 is 0 Å². The molecule has 1 aromatic carbocycles. The smallest absolute Gasteiger partial charge is 0.193 e. The second kappa shape index (κ2) is 5.44. The maximum Gasteiger partial charge on any atom is 0.193 e. The Labute approximate surface area is 140 Å². The van der Waals surface area contributed by atoms with Crippen LogP contribution in [0.5, 0.6) is 0 Å². The number of carbonyl (C=O) groups excluding carboxylic acids is 1. The number of nitrogens with zero attached hydrogens (tertiary/aromatic N) is 3. The van der Waals surface area contributed by atoms with Gasteiger partial charge in [0.05, 0.1) is 17.7 Å². The summed E-state index contributed by atoms with van der Waals surface area (Å²) in [4.78, 5) is 13.0. The third-order valence-corrected chi connectivity index (χ3v) is 4.89. The van der Waals surface area contributed by atoms with Gasteiger partial charge >= 0.3 is 0 Å². The van der Waals surface area contributed by atoms with Gasteiger partial charge in [-0.05, 0) is 38.3 Å². The first-order valence-corrected chi connectivity index (χ1v) is 8.16. The van der Waals surface area contributed by atoms with Crippen LogP contribution in [-0.2, 0) is 12.0 Å². The van der Waals surface area contributed by atoms with Crippen molar-refractivity contribution >= 4 is 5.78 Å². The highest BCUT2D eigenvalue weighted by atomic mass is 16.5. The first kappa shape index (κ1) is 14.9. The molecule has 0 bridgehead atoms. The quantitative estimate of drug-likeness (QED) is 0.675. The van der Waals surface area contributed by atoms with E-state index in [0.29, 0.717) is 12.2 Å². The van der Waals surface area contributed by atoms with Gasteiger partial charge in [-0.2, -0.15) is 5.10 Å². The number of Topliss-reactive ketones (excluding diaryl/α,β-unsaturated/α-hetero) is 1. The van der Waals surface area contributed by atoms with Crippen molar-refractivity contribution in [2.24, 2.45) is 0 Å². The Morgan fingerprint density at radius 3 is 2.58 bits per heavy atom. The molecule has 0 aliphatic heterocycles. The van der Waals surface area contributed by atoms with Gasteiger partial charge in [0.15, 0.2) is 5.78 Å². The Kier molecular flexibility index (Phi) is 3.37. The molecular weight excluding hydrogens is 302 g/mol. The highest BCUT2D eigenvalue weighted by molar-refractivity contribution is 6.04. The summed E-state index contributed by atoms with van der Waals surface area (Å²) in [5.41, 5.74) is 3.13. The van der Waals surface area contributed by atoms with E-state index < -0.39 is 0 Å². The van der Waals surface area contributed by atoms with E-state index in [4.69, 9.17) is 4.52 Å². The van der Waals surface area contributed by atoms with Gasteiger partial charge in [0.1, 0.15) is 11.5 Å². The summed E-state index contributed by atoms with van der Waals surface area (Å²) < 4.78 is 6.96. The molecule has 0 amide bonds. The van der Waals surface area contributed by atoms with Crippen LogP contribution in [0.2, 0.25) is 0 Å². The van der Waals surface area contributed by atoms with Crippen LogP contribution in [0, 0.1) is 13.8 Å². The molecule has 0 radical (unpaired) electrons.